The maximum absolute atomic E-state index is 13.7. The second kappa shape index (κ2) is 7.32. The molecule has 106 valence electrons. The summed E-state index contributed by atoms with van der Waals surface area (Å²) in [5.74, 6) is -1.29. The van der Waals surface area contributed by atoms with E-state index in [4.69, 9.17) is 0 Å². The third kappa shape index (κ3) is 4.13. The van der Waals surface area contributed by atoms with Crippen molar-refractivity contribution in [3.8, 4) is 0 Å². The molecule has 20 heavy (non-hydrogen) atoms. The van der Waals surface area contributed by atoms with Gasteiger partial charge in [0.15, 0.2) is 11.6 Å². The molecule has 0 heterocycles. The molecule has 2 rings (SSSR count). The van der Waals surface area contributed by atoms with Crippen LogP contribution in [0.4, 0.5) is 8.78 Å². The van der Waals surface area contributed by atoms with E-state index >= 15 is 0 Å². The third-order valence-electron chi connectivity index (χ3n) is 3.17. The van der Waals surface area contributed by atoms with E-state index in [2.05, 4.69) is 37.9 Å². The molecule has 0 fully saturated rings. The Labute approximate surface area is 134 Å². The van der Waals surface area contributed by atoms with Crippen molar-refractivity contribution >= 4 is 31.9 Å². The Morgan fingerprint density at radius 3 is 2.45 bits per heavy atom. The van der Waals surface area contributed by atoms with Gasteiger partial charge in [-0.05, 0) is 48.1 Å². The fourth-order valence-corrected chi connectivity index (χ4v) is 3.10. The van der Waals surface area contributed by atoms with Crippen molar-refractivity contribution in [1.29, 1.82) is 0 Å². The molecule has 0 N–H and O–H groups in total. The van der Waals surface area contributed by atoms with Crippen LogP contribution in [-0.2, 0) is 12.8 Å². The molecule has 4 heteroatoms. The summed E-state index contributed by atoms with van der Waals surface area (Å²) >= 11 is 6.91. The lowest BCUT2D eigenvalue weighted by Gasteiger charge is -2.15. The van der Waals surface area contributed by atoms with Gasteiger partial charge in [0.05, 0.1) is 0 Å². The van der Waals surface area contributed by atoms with Gasteiger partial charge < -0.3 is 0 Å². The van der Waals surface area contributed by atoms with Gasteiger partial charge in [-0.1, -0.05) is 56.1 Å². The highest BCUT2D eigenvalue weighted by atomic mass is 79.9. The SMILES string of the molecule is Fc1cccc(CC(CBr)Cc2cccc(Br)c2)c1F. The maximum Gasteiger partial charge on any atom is 0.162 e. The molecule has 0 aliphatic rings. The summed E-state index contributed by atoms with van der Waals surface area (Å²) < 4.78 is 28.0. The fourth-order valence-electron chi connectivity index (χ4n) is 2.20. The number of rotatable bonds is 5. The molecule has 2 aromatic carbocycles. The van der Waals surface area contributed by atoms with E-state index in [1.54, 1.807) is 12.1 Å². The summed E-state index contributed by atoms with van der Waals surface area (Å²) in [5.41, 5.74) is 1.62. The van der Waals surface area contributed by atoms with Gasteiger partial charge in [-0.15, -0.1) is 0 Å². The summed E-state index contributed by atoms with van der Waals surface area (Å²) in [5, 5.41) is 0.746. The lowest BCUT2D eigenvalue weighted by atomic mass is 9.94. The van der Waals surface area contributed by atoms with Crippen molar-refractivity contribution in [1.82, 2.24) is 0 Å². The summed E-state index contributed by atoms with van der Waals surface area (Å²) in [4.78, 5) is 0. The molecule has 1 atom stereocenters. The second-order valence-electron chi connectivity index (χ2n) is 4.77. The standard InChI is InChI=1S/C16H14Br2F2/c17-10-12(7-11-3-1-5-14(18)9-11)8-13-4-2-6-15(19)16(13)20/h1-6,9,12H,7-8,10H2. The molecule has 2 aromatic rings. The van der Waals surface area contributed by atoms with Crippen LogP contribution in [0, 0.1) is 17.6 Å². The Bertz CT molecular complexity index is 584. The Kier molecular flexibility index (Phi) is 5.73. The minimum absolute atomic E-state index is 0.223. The average molecular weight is 404 g/mol. The Hall–Kier alpha value is -0.740. The number of benzene rings is 2. The highest BCUT2D eigenvalue weighted by Crippen LogP contribution is 2.21. The number of alkyl halides is 1. The first-order valence-electron chi connectivity index (χ1n) is 6.33. The molecule has 0 aromatic heterocycles. The van der Waals surface area contributed by atoms with E-state index in [9.17, 15) is 8.78 Å². The highest BCUT2D eigenvalue weighted by Gasteiger charge is 2.14. The van der Waals surface area contributed by atoms with Gasteiger partial charge in [-0.3, -0.25) is 0 Å². The first kappa shape index (κ1) is 15.6. The predicted molar refractivity (Wildman–Crippen MR) is 85.2 cm³/mol. The molecule has 0 nitrogen and oxygen atoms in total. The normalized spacial score (nSPS) is 12.4. The van der Waals surface area contributed by atoms with Crippen LogP contribution < -0.4 is 0 Å². The molecule has 0 spiro atoms. The van der Waals surface area contributed by atoms with Gasteiger partial charge in [0.2, 0.25) is 0 Å². The van der Waals surface area contributed by atoms with E-state index in [1.807, 2.05) is 18.2 Å². The van der Waals surface area contributed by atoms with E-state index in [1.165, 1.54) is 5.56 Å². The van der Waals surface area contributed by atoms with Crippen LogP contribution in [0.2, 0.25) is 0 Å². The van der Waals surface area contributed by atoms with Crippen LogP contribution >= 0.6 is 31.9 Å². The molecule has 0 aliphatic heterocycles. The van der Waals surface area contributed by atoms with Crippen molar-refractivity contribution in [2.24, 2.45) is 5.92 Å². The number of hydrogen-bond acceptors (Lipinski definition) is 0. The Morgan fingerprint density at radius 2 is 1.75 bits per heavy atom. The zero-order chi connectivity index (χ0) is 14.5. The summed E-state index contributed by atoms with van der Waals surface area (Å²) in [6.45, 7) is 0. The van der Waals surface area contributed by atoms with Crippen molar-refractivity contribution in [3.05, 3.63) is 69.7 Å². The van der Waals surface area contributed by atoms with Crippen LogP contribution in [0.3, 0.4) is 0 Å². The summed E-state index contributed by atoms with van der Waals surface area (Å²) in [6, 6.07) is 12.4. The maximum atomic E-state index is 13.7. The molecular weight excluding hydrogens is 390 g/mol. The molecule has 0 saturated heterocycles. The Balaban J connectivity index is 2.11. The molecular formula is C16H14Br2F2. The smallest absolute Gasteiger partial charge is 0.162 e. The van der Waals surface area contributed by atoms with Crippen LogP contribution in [0.1, 0.15) is 11.1 Å². The summed E-state index contributed by atoms with van der Waals surface area (Å²) in [7, 11) is 0. The zero-order valence-electron chi connectivity index (χ0n) is 10.8. The first-order valence-corrected chi connectivity index (χ1v) is 8.25. The van der Waals surface area contributed by atoms with E-state index in [0.717, 1.165) is 22.3 Å². The molecule has 0 amide bonds. The van der Waals surface area contributed by atoms with Crippen molar-refractivity contribution in [3.63, 3.8) is 0 Å². The quantitative estimate of drug-likeness (QED) is 0.576. The Morgan fingerprint density at radius 1 is 1.00 bits per heavy atom. The van der Waals surface area contributed by atoms with Crippen LogP contribution in [-0.4, -0.2) is 5.33 Å². The van der Waals surface area contributed by atoms with Gasteiger partial charge in [-0.2, -0.15) is 0 Å². The van der Waals surface area contributed by atoms with Crippen LogP contribution in [0.5, 0.6) is 0 Å². The predicted octanol–water partition coefficient (Wildman–Crippen LogP) is 5.52. The molecule has 0 bridgehead atoms. The highest BCUT2D eigenvalue weighted by molar-refractivity contribution is 9.10. The number of halogens is 4. The van der Waals surface area contributed by atoms with Gasteiger partial charge in [0.1, 0.15) is 0 Å². The lowest BCUT2D eigenvalue weighted by Crippen LogP contribution is -2.11. The van der Waals surface area contributed by atoms with Gasteiger partial charge in [0, 0.05) is 9.80 Å². The largest absolute Gasteiger partial charge is 0.204 e. The first-order chi connectivity index (χ1) is 9.60. The third-order valence-corrected chi connectivity index (χ3v) is 4.58. The van der Waals surface area contributed by atoms with E-state index in [0.29, 0.717) is 12.0 Å². The average Bonchev–Trinajstić information content (AvgIpc) is 2.43. The topological polar surface area (TPSA) is 0 Å². The molecule has 1 unspecified atom stereocenters. The van der Waals surface area contributed by atoms with Crippen molar-refractivity contribution in [2.75, 3.05) is 5.33 Å². The fraction of sp³-hybridized carbons (Fsp3) is 0.250. The van der Waals surface area contributed by atoms with E-state index in [-0.39, 0.29) is 5.92 Å². The minimum atomic E-state index is -0.779. The van der Waals surface area contributed by atoms with Crippen LogP contribution in [0.15, 0.2) is 46.9 Å². The lowest BCUT2D eigenvalue weighted by molar-refractivity contribution is 0.485. The molecule has 0 saturated carbocycles. The van der Waals surface area contributed by atoms with E-state index < -0.39 is 11.6 Å². The zero-order valence-corrected chi connectivity index (χ0v) is 13.9. The monoisotopic (exact) mass is 402 g/mol. The van der Waals surface area contributed by atoms with Crippen LogP contribution in [0.25, 0.3) is 0 Å². The van der Waals surface area contributed by atoms with Crippen molar-refractivity contribution < 1.29 is 8.78 Å². The molecule has 0 radical (unpaired) electrons. The minimum Gasteiger partial charge on any atom is -0.204 e. The molecule has 0 aliphatic carbocycles. The van der Waals surface area contributed by atoms with Gasteiger partial charge in [0.25, 0.3) is 0 Å². The number of hydrogen-bond donors (Lipinski definition) is 0. The van der Waals surface area contributed by atoms with Gasteiger partial charge >= 0.3 is 0 Å². The van der Waals surface area contributed by atoms with Gasteiger partial charge in [-0.25, -0.2) is 8.78 Å². The summed E-state index contributed by atoms with van der Waals surface area (Å²) in [6.07, 6.45) is 1.34. The second-order valence-corrected chi connectivity index (χ2v) is 6.33. The van der Waals surface area contributed by atoms with Crippen molar-refractivity contribution in [2.45, 2.75) is 12.8 Å².